The summed E-state index contributed by atoms with van der Waals surface area (Å²) in [5.41, 5.74) is 7.05. The van der Waals surface area contributed by atoms with Crippen LogP contribution in [0.1, 0.15) is 33.6 Å². The molecule has 2 aromatic rings. The minimum atomic E-state index is 0.0768. The summed E-state index contributed by atoms with van der Waals surface area (Å²) < 4.78 is 5.64. The highest BCUT2D eigenvalue weighted by atomic mass is 32.1. The third-order valence-corrected chi connectivity index (χ3v) is 3.86. The van der Waals surface area contributed by atoms with E-state index in [9.17, 15) is 0 Å². The van der Waals surface area contributed by atoms with Crippen LogP contribution in [0.2, 0.25) is 0 Å². The van der Waals surface area contributed by atoms with Crippen molar-refractivity contribution < 1.29 is 4.42 Å². The Kier molecular flexibility index (Phi) is 3.61. The van der Waals surface area contributed by atoms with Crippen molar-refractivity contribution in [3.63, 3.8) is 0 Å². The zero-order valence-electron chi connectivity index (χ0n) is 10.3. The highest BCUT2D eigenvalue weighted by Crippen LogP contribution is 2.29. The number of hydrogen-bond acceptors (Lipinski definition) is 5. The summed E-state index contributed by atoms with van der Waals surface area (Å²) in [7, 11) is 0. The van der Waals surface area contributed by atoms with Crippen LogP contribution in [0.4, 0.5) is 0 Å². The first-order valence-corrected chi connectivity index (χ1v) is 6.41. The van der Waals surface area contributed by atoms with Gasteiger partial charge in [0.1, 0.15) is 11.5 Å². The molecule has 1 atom stereocenters. The maximum Gasteiger partial charge on any atom is 0.106 e. The second kappa shape index (κ2) is 5.00. The van der Waals surface area contributed by atoms with Crippen molar-refractivity contribution in [3.8, 4) is 0 Å². The summed E-state index contributed by atoms with van der Waals surface area (Å²) in [4.78, 5) is 5.29. The predicted molar refractivity (Wildman–Crippen MR) is 68.8 cm³/mol. The van der Waals surface area contributed by atoms with Crippen molar-refractivity contribution in [2.75, 3.05) is 0 Å². The molecule has 3 N–H and O–H groups in total. The normalized spacial score (nSPS) is 12.9. The molecule has 1 unspecified atom stereocenters. The topological polar surface area (TPSA) is 64.1 Å². The summed E-state index contributed by atoms with van der Waals surface area (Å²) in [6.07, 6.45) is 2.72. The Morgan fingerprint density at radius 1 is 1.41 bits per heavy atom. The van der Waals surface area contributed by atoms with Crippen molar-refractivity contribution >= 4 is 11.3 Å². The van der Waals surface area contributed by atoms with E-state index in [1.807, 2.05) is 25.6 Å². The van der Waals surface area contributed by atoms with E-state index in [0.29, 0.717) is 0 Å². The number of furan rings is 1. The molecule has 4 nitrogen and oxygen atoms in total. The monoisotopic (exact) mass is 251 g/mol. The lowest BCUT2D eigenvalue weighted by Crippen LogP contribution is -2.30. The maximum atomic E-state index is 5.66. The molecule has 5 heteroatoms. The summed E-state index contributed by atoms with van der Waals surface area (Å²) in [5.74, 6) is 7.56. The van der Waals surface area contributed by atoms with E-state index < -0.39 is 0 Å². The first kappa shape index (κ1) is 12.3. The average molecular weight is 251 g/mol. The Morgan fingerprint density at radius 2 is 2.18 bits per heavy atom. The second-order valence-corrected chi connectivity index (χ2v) is 5.12. The van der Waals surface area contributed by atoms with Crippen LogP contribution in [-0.2, 0) is 6.42 Å². The van der Waals surface area contributed by atoms with Gasteiger partial charge in [0.2, 0.25) is 0 Å². The molecule has 0 aliphatic heterocycles. The predicted octanol–water partition coefficient (Wildman–Crippen LogP) is 2.41. The number of aryl methyl sites for hydroxylation is 2. The average Bonchev–Trinajstić information content (AvgIpc) is 2.87. The van der Waals surface area contributed by atoms with E-state index >= 15 is 0 Å². The zero-order valence-corrected chi connectivity index (χ0v) is 11.1. The zero-order chi connectivity index (χ0) is 12.4. The van der Waals surface area contributed by atoms with Crippen molar-refractivity contribution in [3.05, 3.63) is 39.2 Å². The van der Waals surface area contributed by atoms with Crippen molar-refractivity contribution in [1.82, 2.24) is 10.4 Å². The number of nitrogens with two attached hydrogens (primary N) is 1. The molecule has 0 bridgehead atoms. The molecule has 2 rings (SSSR count). The van der Waals surface area contributed by atoms with Crippen LogP contribution in [0.25, 0.3) is 0 Å². The van der Waals surface area contributed by atoms with Gasteiger partial charge in [-0.3, -0.25) is 16.3 Å². The van der Waals surface area contributed by atoms with E-state index in [0.717, 1.165) is 17.9 Å². The second-order valence-electron chi connectivity index (χ2n) is 4.14. The molecule has 0 saturated carbocycles. The standard InChI is InChI=1S/C12H17N3OS/c1-7-8(2)16-9(3)12(7)11(15-13)4-10-5-14-6-17-10/h5-6,11,15H,4,13H2,1-3H3. The van der Waals surface area contributed by atoms with Crippen molar-refractivity contribution in [2.24, 2.45) is 5.84 Å². The molecule has 0 aromatic carbocycles. The molecule has 92 valence electrons. The van der Waals surface area contributed by atoms with E-state index in [1.54, 1.807) is 11.3 Å². The number of rotatable bonds is 4. The van der Waals surface area contributed by atoms with Gasteiger partial charge in [-0.2, -0.15) is 0 Å². The lowest BCUT2D eigenvalue weighted by atomic mass is 9.99. The van der Waals surface area contributed by atoms with Crippen LogP contribution in [0.5, 0.6) is 0 Å². The Balaban J connectivity index is 2.29. The SMILES string of the molecule is Cc1oc(C)c(C(Cc2cncs2)NN)c1C. The van der Waals surface area contributed by atoms with E-state index in [-0.39, 0.29) is 6.04 Å². The minimum Gasteiger partial charge on any atom is -0.466 e. The van der Waals surface area contributed by atoms with Gasteiger partial charge in [0.25, 0.3) is 0 Å². The van der Waals surface area contributed by atoms with Crippen LogP contribution in [0, 0.1) is 20.8 Å². The van der Waals surface area contributed by atoms with Crippen LogP contribution in [0.15, 0.2) is 16.1 Å². The number of aromatic nitrogens is 1. The largest absolute Gasteiger partial charge is 0.466 e. The third-order valence-electron chi connectivity index (χ3n) is 3.06. The molecule has 2 heterocycles. The van der Waals surface area contributed by atoms with Gasteiger partial charge in [-0.05, 0) is 26.3 Å². The van der Waals surface area contributed by atoms with Gasteiger partial charge in [-0.25, -0.2) is 0 Å². The number of nitrogens with one attached hydrogen (secondary N) is 1. The molecule has 0 aliphatic carbocycles. The number of hydrazine groups is 1. The van der Waals surface area contributed by atoms with Crippen molar-refractivity contribution in [1.29, 1.82) is 0 Å². The number of nitrogens with zero attached hydrogens (tertiary/aromatic N) is 1. The lowest BCUT2D eigenvalue weighted by molar-refractivity contribution is 0.485. The first-order chi connectivity index (χ1) is 8.13. The molecule has 0 aliphatic rings. The summed E-state index contributed by atoms with van der Waals surface area (Å²) >= 11 is 1.64. The van der Waals surface area contributed by atoms with Gasteiger partial charge in [0.15, 0.2) is 0 Å². The first-order valence-electron chi connectivity index (χ1n) is 5.53. The number of thiazole rings is 1. The molecule has 0 saturated heterocycles. The number of hydrogen-bond donors (Lipinski definition) is 2. The molecule has 2 aromatic heterocycles. The molecule has 0 radical (unpaired) electrons. The summed E-state index contributed by atoms with van der Waals surface area (Å²) in [5, 5.41) is 0. The molecule has 17 heavy (non-hydrogen) atoms. The Bertz CT molecular complexity index is 490. The van der Waals surface area contributed by atoms with Crippen LogP contribution in [-0.4, -0.2) is 4.98 Å². The Morgan fingerprint density at radius 3 is 2.65 bits per heavy atom. The molecular weight excluding hydrogens is 234 g/mol. The minimum absolute atomic E-state index is 0.0768. The van der Waals surface area contributed by atoms with E-state index in [4.69, 9.17) is 10.3 Å². The van der Waals surface area contributed by atoms with Crippen LogP contribution >= 0.6 is 11.3 Å². The fourth-order valence-electron chi connectivity index (χ4n) is 2.11. The van der Waals surface area contributed by atoms with Gasteiger partial charge < -0.3 is 4.42 Å². The summed E-state index contributed by atoms with van der Waals surface area (Å²) in [6.45, 7) is 6.02. The maximum absolute atomic E-state index is 5.66. The highest BCUT2D eigenvalue weighted by Gasteiger charge is 2.20. The third kappa shape index (κ3) is 2.41. The quantitative estimate of drug-likeness (QED) is 0.647. The fourth-order valence-corrected chi connectivity index (χ4v) is 2.75. The van der Waals surface area contributed by atoms with Gasteiger partial charge in [-0.1, -0.05) is 0 Å². The van der Waals surface area contributed by atoms with Crippen LogP contribution in [0.3, 0.4) is 0 Å². The van der Waals surface area contributed by atoms with Crippen molar-refractivity contribution in [2.45, 2.75) is 33.2 Å². The van der Waals surface area contributed by atoms with E-state index in [2.05, 4.69) is 17.3 Å². The summed E-state index contributed by atoms with van der Waals surface area (Å²) in [6, 6.07) is 0.0768. The Labute approximate surface area is 105 Å². The van der Waals surface area contributed by atoms with Gasteiger partial charge in [0, 0.05) is 23.1 Å². The molecule has 0 amide bonds. The van der Waals surface area contributed by atoms with Gasteiger partial charge >= 0.3 is 0 Å². The molecular formula is C12H17N3OS. The Hall–Kier alpha value is -1.17. The molecule has 0 spiro atoms. The van der Waals surface area contributed by atoms with Crippen LogP contribution < -0.4 is 11.3 Å². The highest BCUT2D eigenvalue weighted by molar-refractivity contribution is 7.09. The smallest absolute Gasteiger partial charge is 0.106 e. The van der Waals surface area contributed by atoms with E-state index in [1.165, 1.54) is 16.0 Å². The van der Waals surface area contributed by atoms with Gasteiger partial charge in [0.05, 0.1) is 11.6 Å². The fraction of sp³-hybridized carbons (Fsp3) is 0.417. The molecule has 0 fully saturated rings. The van der Waals surface area contributed by atoms with Gasteiger partial charge in [-0.15, -0.1) is 11.3 Å². The lowest BCUT2D eigenvalue weighted by Gasteiger charge is -2.15.